The van der Waals surface area contributed by atoms with Crippen LogP contribution in [0.3, 0.4) is 0 Å². The Morgan fingerprint density at radius 3 is 2.50 bits per heavy atom. The lowest BCUT2D eigenvalue weighted by molar-refractivity contribution is 0.730. The summed E-state index contributed by atoms with van der Waals surface area (Å²) < 4.78 is 0.534. The molecular formula is C9H11NS2. The van der Waals surface area contributed by atoms with E-state index < -0.39 is 0 Å². The summed E-state index contributed by atoms with van der Waals surface area (Å²) in [6.07, 6.45) is 0. The van der Waals surface area contributed by atoms with Gasteiger partial charge in [0.1, 0.15) is 4.32 Å². The molecule has 12 heavy (non-hydrogen) atoms. The Labute approximate surface area is 83.6 Å². The topological polar surface area (TPSA) is 12.0 Å². The van der Waals surface area contributed by atoms with Gasteiger partial charge >= 0.3 is 0 Å². The highest BCUT2D eigenvalue weighted by atomic mass is 32.1. The number of benzene rings is 1. The Hall–Kier alpha value is -0.540. The molecule has 1 atom stereocenters. The van der Waals surface area contributed by atoms with Gasteiger partial charge in [-0.05, 0) is 12.5 Å². The zero-order valence-electron chi connectivity index (χ0n) is 6.82. The highest BCUT2D eigenvalue weighted by Crippen LogP contribution is 2.11. The lowest BCUT2D eigenvalue weighted by Crippen LogP contribution is -2.20. The third kappa shape index (κ3) is 2.83. The molecular weight excluding hydrogens is 186 g/mol. The molecule has 3 heteroatoms. The van der Waals surface area contributed by atoms with Crippen LogP contribution < -0.4 is 5.32 Å². The van der Waals surface area contributed by atoms with Crippen LogP contribution in [0.5, 0.6) is 0 Å². The van der Waals surface area contributed by atoms with Gasteiger partial charge in [-0.1, -0.05) is 42.5 Å². The minimum Gasteiger partial charge on any atom is -0.365 e. The molecule has 0 saturated heterocycles. The zero-order chi connectivity index (χ0) is 8.97. The highest BCUT2D eigenvalue weighted by molar-refractivity contribution is 8.11. The van der Waals surface area contributed by atoms with Gasteiger partial charge in [-0.3, -0.25) is 0 Å². The SMILES string of the molecule is C[C@@H](NC(=S)S)c1ccccc1. The van der Waals surface area contributed by atoms with Gasteiger partial charge in [0.2, 0.25) is 0 Å². The minimum absolute atomic E-state index is 0.233. The summed E-state index contributed by atoms with van der Waals surface area (Å²) in [5.41, 5.74) is 1.22. The Bertz CT molecular complexity index is 258. The van der Waals surface area contributed by atoms with Crippen molar-refractivity contribution in [1.82, 2.24) is 5.32 Å². The van der Waals surface area contributed by atoms with Crippen LogP contribution in [0.15, 0.2) is 30.3 Å². The molecule has 0 aliphatic rings. The Morgan fingerprint density at radius 2 is 2.00 bits per heavy atom. The van der Waals surface area contributed by atoms with E-state index in [2.05, 4.69) is 37.0 Å². The molecule has 0 radical (unpaired) electrons. The van der Waals surface area contributed by atoms with Crippen LogP contribution in [0.2, 0.25) is 0 Å². The van der Waals surface area contributed by atoms with Crippen LogP contribution >= 0.6 is 24.8 Å². The fourth-order valence-corrected chi connectivity index (χ4v) is 1.38. The lowest BCUT2D eigenvalue weighted by Gasteiger charge is -2.12. The second-order valence-corrected chi connectivity index (χ2v) is 3.74. The predicted octanol–water partition coefficient (Wildman–Crippen LogP) is 2.55. The number of nitrogens with one attached hydrogen (secondary N) is 1. The van der Waals surface area contributed by atoms with Crippen LogP contribution in [0.4, 0.5) is 0 Å². The molecule has 0 aliphatic heterocycles. The van der Waals surface area contributed by atoms with Crippen LogP contribution in [-0.2, 0) is 0 Å². The summed E-state index contributed by atoms with van der Waals surface area (Å²) >= 11 is 8.83. The summed E-state index contributed by atoms with van der Waals surface area (Å²) in [6, 6.07) is 10.4. The first kappa shape index (κ1) is 9.55. The predicted molar refractivity (Wildman–Crippen MR) is 59.6 cm³/mol. The summed E-state index contributed by atoms with van der Waals surface area (Å²) in [5.74, 6) is 0. The summed E-state index contributed by atoms with van der Waals surface area (Å²) in [6.45, 7) is 2.05. The van der Waals surface area contributed by atoms with Crippen molar-refractivity contribution in [1.29, 1.82) is 0 Å². The molecule has 0 spiro atoms. The number of thiocarbonyl (C=S) groups is 1. The summed E-state index contributed by atoms with van der Waals surface area (Å²) in [5, 5.41) is 3.05. The van der Waals surface area contributed by atoms with E-state index in [1.807, 2.05) is 18.2 Å². The van der Waals surface area contributed by atoms with E-state index in [-0.39, 0.29) is 6.04 Å². The Morgan fingerprint density at radius 1 is 1.42 bits per heavy atom. The van der Waals surface area contributed by atoms with Crippen molar-refractivity contribution in [2.24, 2.45) is 0 Å². The molecule has 1 aromatic carbocycles. The maximum absolute atomic E-state index is 4.82. The zero-order valence-corrected chi connectivity index (χ0v) is 8.53. The second kappa shape index (κ2) is 4.48. The van der Waals surface area contributed by atoms with Crippen LogP contribution in [-0.4, -0.2) is 4.32 Å². The molecule has 0 aliphatic carbocycles. The second-order valence-electron chi connectivity index (χ2n) is 2.58. The summed E-state index contributed by atoms with van der Waals surface area (Å²) in [4.78, 5) is 0. The number of thiol groups is 1. The maximum atomic E-state index is 4.82. The molecule has 0 heterocycles. The van der Waals surface area contributed by atoms with E-state index >= 15 is 0 Å². The first-order chi connectivity index (χ1) is 5.70. The standard InChI is InChI=1S/C9H11NS2/c1-7(10-9(11)12)8-5-3-2-4-6-8/h2-7H,1H3,(H2,10,11,12)/t7-/m1/s1. The van der Waals surface area contributed by atoms with E-state index in [1.165, 1.54) is 5.56 Å². The highest BCUT2D eigenvalue weighted by Gasteiger charge is 2.02. The van der Waals surface area contributed by atoms with E-state index in [4.69, 9.17) is 12.2 Å². The Balaban J connectivity index is 2.65. The van der Waals surface area contributed by atoms with E-state index in [1.54, 1.807) is 0 Å². The van der Waals surface area contributed by atoms with Crippen LogP contribution in [0.25, 0.3) is 0 Å². The molecule has 0 amide bonds. The van der Waals surface area contributed by atoms with Crippen molar-refractivity contribution in [2.75, 3.05) is 0 Å². The number of hydrogen-bond acceptors (Lipinski definition) is 1. The van der Waals surface area contributed by atoms with Gasteiger partial charge in [0.15, 0.2) is 0 Å². The van der Waals surface area contributed by atoms with Crippen molar-refractivity contribution >= 4 is 29.2 Å². The van der Waals surface area contributed by atoms with Gasteiger partial charge in [-0.25, -0.2) is 0 Å². The largest absolute Gasteiger partial charge is 0.365 e. The fourth-order valence-electron chi connectivity index (χ4n) is 1.01. The molecule has 1 rings (SSSR count). The molecule has 0 saturated carbocycles. The molecule has 0 bridgehead atoms. The smallest absolute Gasteiger partial charge is 0.131 e. The van der Waals surface area contributed by atoms with Gasteiger partial charge in [0.05, 0.1) is 0 Å². The average molecular weight is 197 g/mol. The van der Waals surface area contributed by atoms with Gasteiger partial charge in [0.25, 0.3) is 0 Å². The van der Waals surface area contributed by atoms with Gasteiger partial charge < -0.3 is 5.32 Å². The minimum atomic E-state index is 0.233. The molecule has 64 valence electrons. The third-order valence-corrected chi connectivity index (χ3v) is 1.89. The fraction of sp³-hybridized carbons (Fsp3) is 0.222. The van der Waals surface area contributed by atoms with Crippen molar-refractivity contribution in [2.45, 2.75) is 13.0 Å². The molecule has 0 fully saturated rings. The normalized spacial score (nSPS) is 12.2. The summed E-state index contributed by atoms with van der Waals surface area (Å²) in [7, 11) is 0. The van der Waals surface area contributed by atoms with Crippen molar-refractivity contribution in [3.63, 3.8) is 0 Å². The monoisotopic (exact) mass is 197 g/mol. The Kier molecular flexibility index (Phi) is 3.56. The van der Waals surface area contributed by atoms with Gasteiger partial charge in [0, 0.05) is 6.04 Å². The van der Waals surface area contributed by atoms with E-state index in [0.29, 0.717) is 4.32 Å². The molecule has 1 aromatic rings. The van der Waals surface area contributed by atoms with E-state index in [9.17, 15) is 0 Å². The quantitative estimate of drug-likeness (QED) is 0.558. The van der Waals surface area contributed by atoms with Gasteiger partial charge in [-0.2, -0.15) is 0 Å². The van der Waals surface area contributed by atoms with E-state index in [0.717, 1.165) is 0 Å². The third-order valence-electron chi connectivity index (χ3n) is 1.64. The van der Waals surface area contributed by atoms with Crippen molar-refractivity contribution in [3.8, 4) is 0 Å². The maximum Gasteiger partial charge on any atom is 0.131 e. The number of hydrogen-bond donors (Lipinski definition) is 2. The van der Waals surface area contributed by atoms with Crippen molar-refractivity contribution < 1.29 is 0 Å². The molecule has 1 N–H and O–H groups in total. The first-order valence-electron chi connectivity index (χ1n) is 3.74. The lowest BCUT2D eigenvalue weighted by atomic mass is 10.1. The van der Waals surface area contributed by atoms with Crippen LogP contribution in [0, 0.1) is 0 Å². The first-order valence-corrected chi connectivity index (χ1v) is 4.60. The molecule has 0 unspecified atom stereocenters. The average Bonchev–Trinajstić information content (AvgIpc) is 2.05. The molecule has 0 aromatic heterocycles. The van der Waals surface area contributed by atoms with Crippen LogP contribution in [0.1, 0.15) is 18.5 Å². The van der Waals surface area contributed by atoms with Crippen molar-refractivity contribution in [3.05, 3.63) is 35.9 Å². The number of rotatable bonds is 2. The van der Waals surface area contributed by atoms with Gasteiger partial charge in [-0.15, -0.1) is 12.6 Å². The molecule has 1 nitrogen and oxygen atoms in total.